The van der Waals surface area contributed by atoms with E-state index in [1.165, 1.54) is 6.07 Å². The molecule has 0 amide bonds. The van der Waals surface area contributed by atoms with Crippen LogP contribution >= 0.6 is 15.9 Å². The van der Waals surface area contributed by atoms with E-state index in [0.29, 0.717) is 16.7 Å². The molecule has 0 fully saturated rings. The molecule has 0 saturated heterocycles. The van der Waals surface area contributed by atoms with Crippen molar-refractivity contribution >= 4 is 26.9 Å². The van der Waals surface area contributed by atoms with Gasteiger partial charge in [0.25, 0.3) is 0 Å². The number of rotatable bonds is 4. The molecule has 1 atom stereocenters. The molecule has 0 aliphatic heterocycles. The van der Waals surface area contributed by atoms with Gasteiger partial charge in [-0.2, -0.15) is 0 Å². The first-order valence-corrected chi connectivity index (χ1v) is 6.63. The SMILES string of the molecule is Cc1cc(=O)oc2cc(OCC(O)CBr)ccc12. The van der Waals surface area contributed by atoms with Crippen molar-refractivity contribution in [3.8, 4) is 5.75 Å². The van der Waals surface area contributed by atoms with Crippen molar-refractivity contribution in [3.05, 3.63) is 40.2 Å². The van der Waals surface area contributed by atoms with Crippen LogP contribution in [0.15, 0.2) is 33.5 Å². The van der Waals surface area contributed by atoms with E-state index in [0.717, 1.165) is 10.9 Å². The molecule has 0 bridgehead atoms. The minimum atomic E-state index is -0.565. The maximum absolute atomic E-state index is 11.3. The zero-order valence-corrected chi connectivity index (χ0v) is 11.4. The Labute approximate surface area is 112 Å². The second kappa shape index (κ2) is 5.54. The lowest BCUT2D eigenvalue weighted by Gasteiger charge is -2.10. The number of aliphatic hydroxyl groups excluding tert-OH is 1. The summed E-state index contributed by atoms with van der Waals surface area (Å²) in [6.07, 6.45) is -0.565. The van der Waals surface area contributed by atoms with Gasteiger partial charge in [0.1, 0.15) is 17.9 Å². The summed E-state index contributed by atoms with van der Waals surface area (Å²) in [5.41, 5.74) is 0.983. The second-order valence-electron chi connectivity index (χ2n) is 4.03. The Morgan fingerprint density at radius 1 is 1.44 bits per heavy atom. The van der Waals surface area contributed by atoms with Crippen LogP contribution in [0.3, 0.4) is 0 Å². The Balaban J connectivity index is 2.30. The van der Waals surface area contributed by atoms with E-state index in [1.54, 1.807) is 12.1 Å². The van der Waals surface area contributed by atoms with Crippen molar-refractivity contribution in [2.75, 3.05) is 11.9 Å². The summed E-state index contributed by atoms with van der Waals surface area (Å²) in [6, 6.07) is 6.74. The summed E-state index contributed by atoms with van der Waals surface area (Å²) in [4.78, 5) is 11.3. The first-order chi connectivity index (χ1) is 8.60. The van der Waals surface area contributed by atoms with Gasteiger partial charge in [-0.3, -0.25) is 0 Å². The van der Waals surface area contributed by atoms with Crippen LogP contribution < -0.4 is 10.4 Å². The molecule has 5 heteroatoms. The number of alkyl halides is 1. The Hall–Kier alpha value is -1.33. The molecule has 0 radical (unpaired) electrons. The zero-order chi connectivity index (χ0) is 13.1. The van der Waals surface area contributed by atoms with Crippen LogP contribution in [-0.4, -0.2) is 23.1 Å². The number of aliphatic hydroxyl groups is 1. The third-order valence-electron chi connectivity index (χ3n) is 2.54. The number of benzene rings is 1. The van der Waals surface area contributed by atoms with Gasteiger partial charge in [-0.25, -0.2) is 4.79 Å². The molecule has 18 heavy (non-hydrogen) atoms. The van der Waals surface area contributed by atoms with Gasteiger partial charge in [-0.05, 0) is 24.6 Å². The quantitative estimate of drug-likeness (QED) is 0.695. The third-order valence-corrected chi connectivity index (χ3v) is 3.29. The molecule has 1 N–H and O–H groups in total. The van der Waals surface area contributed by atoms with Crippen LogP contribution in [0.2, 0.25) is 0 Å². The molecular formula is C13H13BrO4. The van der Waals surface area contributed by atoms with Crippen LogP contribution in [0, 0.1) is 6.92 Å². The lowest BCUT2D eigenvalue weighted by Crippen LogP contribution is -2.18. The van der Waals surface area contributed by atoms with E-state index >= 15 is 0 Å². The highest BCUT2D eigenvalue weighted by Crippen LogP contribution is 2.22. The average molecular weight is 313 g/mol. The van der Waals surface area contributed by atoms with Gasteiger partial charge < -0.3 is 14.3 Å². The molecule has 1 unspecified atom stereocenters. The van der Waals surface area contributed by atoms with Crippen LogP contribution in [0.4, 0.5) is 0 Å². The van der Waals surface area contributed by atoms with Crippen LogP contribution in [0.25, 0.3) is 11.0 Å². The fourth-order valence-electron chi connectivity index (χ4n) is 1.63. The molecule has 0 saturated carbocycles. The van der Waals surface area contributed by atoms with Crippen molar-refractivity contribution in [3.63, 3.8) is 0 Å². The summed E-state index contributed by atoms with van der Waals surface area (Å²) in [7, 11) is 0. The van der Waals surface area contributed by atoms with Gasteiger partial charge >= 0.3 is 5.63 Å². The van der Waals surface area contributed by atoms with Gasteiger partial charge in [0.2, 0.25) is 0 Å². The Morgan fingerprint density at radius 3 is 2.94 bits per heavy atom. The van der Waals surface area contributed by atoms with E-state index in [1.807, 2.05) is 13.0 Å². The van der Waals surface area contributed by atoms with Gasteiger partial charge in [0.05, 0.1) is 6.10 Å². The highest BCUT2D eigenvalue weighted by molar-refractivity contribution is 9.09. The molecule has 4 nitrogen and oxygen atoms in total. The lowest BCUT2D eigenvalue weighted by atomic mass is 10.1. The predicted molar refractivity (Wildman–Crippen MR) is 72.5 cm³/mol. The molecule has 0 aliphatic rings. The highest BCUT2D eigenvalue weighted by atomic mass is 79.9. The maximum Gasteiger partial charge on any atom is 0.336 e. The summed E-state index contributed by atoms with van der Waals surface area (Å²) >= 11 is 3.16. The fourth-order valence-corrected chi connectivity index (χ4v) is 1.82. The topological polar surface area (TPSA) is 59.7 Å². The van der Waals surface area contributed by atoms with E-state index in [9.17, 15) is 9.90 Å². The van der Waals surface area contributed by atoms with Gasteiger partial charge in [-0.15, -0.1) is 0 Å². The van der Waals surface area contributed by atoms with Crippen molar-refractivity contribution < 1.29 is 14.3 Å². The number of hydrogen-bond acceptors (Lipinski definition) is 4. The van der Waals surface area contributed by atoms with Gasteiger partial charge in [-0.1, -0.05) is 15.9 Å². The summed E-state index contributed by atoms with van der Waals surface area (Å²) in [5, 5.41) is 10.7. The zero-order valence-electron chi connectivity index (χ0n) is 9.85. The summed E-state index contributed by atoms with van der Waals surface area (Å²) in [5.74, 6) is 0.566. The van der Waals surface area contributed by atoms with Crippen LogP contribution in [-0.2, 0) is 0 Å². The highest BCUT2D eigenvalue weighted by Gasteiger charge is 2.06. The molecular weight excluding hydrogens is 300 g/mol. The average Bonchev–Trinajstić information content (AvgIpc) is 2.35. The number of hydrogen-bond donors (Lipinski definition) is 1. The third kappa shape index (κ3) is 2.91. The number of halogens is 1. The molecule has 1 aromatic carbocycles. The Bertz CT molecular complexity index is 605. The van der Waals surface area contributed by atoms with Crippen molar-refractivity contribution in [2.24, 2.45) is 0 Å². The molecule has 2 rings (SSSR count). The van der Waals surface area contributed by atoms with Crippen molar-refractivity contribution in [1.29, 1.82) is 0 Å². The molecule has 1 aromatic heterocycles. The van der Waals surface area contributed by atoms with Crippen molar-refractivity contribution in [2.45, 2.75) is 13.0 Å². The normalized spacial score (nSPS) is 12.6. The van der Waals surface area contributed by atoms with Crippen LogP contribution in [0.5, 0.6) is 5.75 Å². The minimum absolute atomic E-state index is 0.187. The standard InChI is InChI=1S/C13H13BrO4/c1-8-4-13(16)18-12-5-10(2-3-11(8)12)17-7-9(15)6-14/h2-5,9,15H,6-7H2,1H3. The van der Waals surface area contributed by atoms with Gasteiger partial charge in [0, 0.05) is 22.8 Å². The van der Waals surface area contributed by atoms with Gasteiger partial charge in [0.15, 0.2) is 0 Å². The minimum Gasteiger partial charge on any atom is -0.491 e. The fraction of sp³-hybridized carbons (Fsp3) is 0.308. The molecule has 0 spiro atoms. The number of aryl methyl sites for hydroxylation is 1. The monoisotopic (exact) mass is 312 g/mol. The second-order valence-corrected chi connectivity index (χ2v) is 4.67. The first-order valence-electron chi connectivity index (χ1n) is 5.51. The largest absolute Gasteiger partial charge is 0.491 e. The summed E-state index contributed by atoms with van der Waals surface area (Å²) in [6.45, 7) is 2.04. The first kappa shape index (κ1) is 13.1. The van der Waals surface area contributed by atoms with E-state index in [2.05, 4.69) is 15.9 Å². The lowest BCUT2D eigenvalue weighted by molar-refractivity contribution is 0.127. The maximum atomic E-state index is 11.3. The van der Waals surface area contributed by atoms with E-state index in [-0.39, 0.29) is 12.2 Å². The van der Waals surface area contributed by atoms with Crippen molar-refractivity contribution in [1.82, 2.24) is 0 Å². The smallest absolute Gasteiger partial charge is 0.336 e. The van der Waals surface area contributed by atoms with E-state index < -0.39 is 6.10 Å². The summed E-state index contributed by atoms with van der Waals surface area (Å²) < 4.78 is 10.5. The predicted octanol–water partition coefficient (Wildman–Crippen LogP) is 2.24. The molecule has 2 aromatic rings. The Morgan fingerprint density at radius 2 is 2.22 bits per heavy atom. The number of fused-ring (bicyclic) bond motifs is 1. The van der Waals surface area contributed by atoms with Crippen LogP contribution in [0.1, 0.15) is 5.56 Å². The molecule has 96 valence electrons. The number of ether oxygens (including phenoxy) is 1. The van der Waals surface area contributed by atoms with E-state index in [4.69, 9.17) is 9.15 Å². The molecule has 0 aliphatic carbocycles. The Kier molecular flexibility index (Phi) is 4.04. The molecule has 1 heterocycles.